The van der Waals surface area contributed by atoms with Gasteiger partial charge in [0.25, 0.3) is 5.91 Å². The summed E-state index contributed by atoms with van der Waals surface area (Å²) in [5, 5.41) is 14.1. The topological polar surface area (TPSA) is 154 Å². The lowest BCUT2D eigenvalue weighted by Crippen LogP contribution is -2.48. The number of hydrogen-bond acceptors (Lipinski definition) is 8. The predicted octanol–water partition coefficient (Wildman–Crippen LogP) is 1.92. The Morgan fingerprint density at radius 3 is 2.37 bits per heavy atom. The number of nitrogens with zero attached hydrogens (tertiary/aromatic N) is 2. The fraction of sp³-hybridized carbons (Fsp3) is 0.522. The molecule has 1 atom stereocenters. The third-order valence-electron chi connectivity index (χ3n) is 4.49. The molecule has 1 aromatic heterocycles. The Kier molecular flexibility index (Phi) is 13.0. The van der Waals surface area contributed by atoms with E-state index in [0.29, 0.717) is 18.9 Å². The molecule has 11 nitrogen and oxygen atoms in total. The zero-order valence-electron chi connectivity index (χ0n) is 20.9. The lowest BCUT2D eigenvalue weighted by atomic mass is 10.1. The van der Waals surface area contributed by atoms with Gasteiger partial charge in [0.15, 0.2) is 5.69 Å². The minimum atomic E-state index is -3.57. The quantitative estimate of drug-likeness (QED) is 0.315. The highest BCUT2D eigenvalue weighted by Gasteiger charge is 2.17. The van der Waals surface area contributed by atoms with Crippen LogP contribution >= 0.6 is 0 Å². The van der Waals surface area contributed by atoms with Crippen LogP contribution < -0.4 is 15.5 Å². The summed E-state index contributed by atoms with van der Waals surface area (Å²) < 4.78 is 29.1. The summed E-state index contributed by atoms with van der Waals surface area (Å²) >= 11 is 0. The number of aryl methyl sites for hydroxylation is 1. The van der Waals surface area contributed by atoms with Gasteiger partial charge in [-0.2, -0.15) is 4.98 Å². The number of aliphatic hydroxyl groups is 1. The van der Waals surface area contributed by atoms with Crippen molar-refractivity contribution in [3.05, 3.63) is 47.9 Å². The van der Waals surface area contributed by atoms with Gasteiger partial charge in [-0.15, -0.1) is 0 Å². The number of nitrogens with one attached hydrogen (secondary N) is 3. The Hall–Kier alpha value is -2.96. The smallest absolute Gasteiger partial charge is 0.309 e. The van der Waals surface area contributed by atoms with E-state index in [1.54, 1.807) is 5.01 Å². The first-order chi connectivity index (χ1) is 16.4. The molecule has 2 rings (SSSR count). The number of hydrogen-bond donors (Lipinski definition) is 4. The van der Waals surface area contributed by atoms with E-state index in [9.17, 15) is 23.1 Å². The first-order valence-corrected chi connectivity index (χ1v) is 13.2. The minimum absolute atomic E-state index is 0.0844. The van der Waals surface area contributed by atoms with Gasteiger partial charge in [-0.1, -0.05) is 56.7 Å². The summed E-state index contributed by atoms with van der Waals surface area (Å²) in [5.74, 6) is -0.333. The summed E-state index contributed by atoms with van der Waals surface area (Å²) in [7, 11) is -3.57. The summed E-state index contributed by atoms with van der Waals surface area (Å²) in [6.45, 7) is 8.52. The molecule has 0 aliphatic rings. The first-order valence-electron chi connectivity index (χ1n) is 11.3. The number of anilines is 1. The van der Waals surface area contributed by atoms with E-state index in [2.05, 4.69) is 34.8 Å². The van der Waals surface area contributed by atoms with E-state index in [1.807, 2.05) is 43.7 Å². The normalized spacial score (nSPS) is 12.0. The number of amides is 2. The van der Waals surface area contributed by atoms with Crippen LogP contribution in [-0.4, -0.2) is 67.3 Å². The second-order valence-electron chi connectivity index (χ2n) is 8.44. The van der Waals surface area contributed by atoms with E-state index in [0.717, 1.165) is 18.9 Å². The van der Waals surface area contributed by atoms with Gasteiger partial charge in [-0.3, -0.25) is 15.0 Å². The molecule has 0 spiro atoms. The molecular formula is C23H37N5O6S. The molecule has 35 heavy (non-hydrogen) atoms. The van der Waals surface area contributed by atoms with E-state index >= 15 is 0 Å². The maximum atomic E-state index is 12.0. The Labute approximate surface area is 207 Å². The van der Waals surface area contributed by atoms with Gasteiger partial charge in [0.1, 0.15) is 6.26 Å². The summed E-state index contributed by atoms with van der Waals surface area (Å²) in [6.07, 6.45) is 2.17. The van der Waals surface area contributed by atoms with Crippen LogP contribution in [0.2, 0.25) is 0 Å². The molecule has 0 bridgehead atoms. The van der Waals surface area contributed by atoms with Crippen LogP contribution in [0.5, 0.6) is 0 Å². The van der Waals surface area contributed by atoms with Gasteiger partial charge in [-0.05, 0) is 19.3 Å². The molecule has 1 aromatic carbocycles. The average molecular weight is 512 g/mol. The maximum absolute atomic E-state index is 12.0. The van der Waals surface area contributed by atoms with Crippen molar-refractivity contribution in [3.8, 4) is 0 Å². The van der Waals surface area contributed by atoms with Crippen molar-refractivity contribution < 1.29 is 27.5 Å². The number of sulfonamides is 1. The van der Waals surface area contributed by atoms with Gasteiger partial charge in [0, 0.05) is 26.1 Å². The molecule has 2 amide bonds. The number of likely N-dealkylation sites (N-methyl/N-ethyl adjacent to an activating group) is 1. The van der Waals surface area contributed by atoms with Crippen molar-refractivity contribution in [2.45, 2.75) is 46.6 Å². The van der Waals surface area contributed by atoms with Gasteiger partial charge in [-0.25, -0.2) is 18.1 Å². The molecule has 0 aliphatic carbocycles. The Morgan fingerprint density at radius 1 is 1.20 bits per heavy atom. The average Bonchev–Trinajstić information content (AvgIpc) is 3.23. The second-order valence-corrected chi connectivity index (χ2v) is 10.2. The molecule has 0 fully saturated rings. The Morgan fingerprint density at radius 2 is 1.86 bits per heavy atom. The standard InChI is InChI=1S/C16H29N5O6S.C7H8/c1-5-21(19-14(23)7-6-11(2)3)9-12(22)8-17-15(24)13-10-27-16(18-13)20-28(4,25)26;1-7-5-3-2-4-6-7/h10-12,22H,5-9H2,1-4H3,(H,17,24)(H,18,20)(H,19,23);2-6H,1H3. The highest BCUT2D eigenvalue weighted by molar-refractivity contribution is 7.91. The third-order valence-corrected chi connectivity index (χ3v) is 5.04. The lowest BCUT2D eigenvalue weighted by Gasteiger charge is -2.24. The number of hydrazine groups is 1. The molecule has 12 heteroatoms. The molecule has 4 N–H and O–H groups in total. The van der Waals surface area contributed by atoms with Crippen molar-refractivity contribution in [1.29, 1.82) is 0 Å². The van der Waals surface area contributed by atoms with Crippen LogP contribution in [0.1, 0.15) is 49.7 Å². The fourth-order valence-corrected chi connectivity index (χ4v) is 3.05. The van der Waals surface area contributed by atoms with E-state index in [4.69, 9.17) is 4.42 Å². The van der Waals surface area contributed by atoms with Crippen molar-refractivity contribution >= 4 is 27.9 Å². The van der Waals surface area contributed by atoms with Crippen molar-refractivity contribution in [2.75, 3.05) is 30.6 Å². The maximum Gasteiger partial charge on any atom is 0.309 e. The number of rotatable bonds is 12. The van der Waals surface area contributed by atoms with Crippen LogP contribution in [0.4, 0.5) is 6.01 Å². The monoisotopic (exact) mass is 511 g/mol. The second kappa shape index (κ2) is 15.1. The highest BCUT2D eigenvalue weighted by atomic mass is 32.2. The van der Waals surface area contributed by atoms with Gasteiger partial charge < -0.3 is 14.8 Å². The van der Waals surface area contributed by atoms with Gasteiger partial charge in [0.2, 0.25) is 15.9 Å². The Bertz CT molecular complexity index is 1010. The minimum Gasteiger partial charge on any atom is -0.431 e. The number of carbonyl (C=O) groups is 2. The Balaban J connectivity index is 0.000000744. The molecule has 196 valence electrons. The largest absolute Gasteiger partial charge is 0.431 e. The number of benzene rings is 1. The third kappa shape index (κ3) is 14.1. The van der Waals surface area contributed by atoms with Gasteiger partial charge in [0.05, 0.1) is 12.4 Å². The molecule has 0 saturated carbocycles. The van der Waals surface area contributed by atoms with Crippen LogP contribution in [-0.2, 0) is 14.8 Å². The van der Waals surface area contributed by atoms with Crippen LogP contribution in [0, 0.1) is 12.8 Å². The van der Waals surface area contributed by atoms with E-state index in [1.165, 1.54) is 5.56 Å². The molecule has 1 heterocycles. The zero-order valence-corrected chi connectivity index (χ0v) is 21.8. The number of aromatic nitrogens is 1. The molecule has 0 saturated heterocycles. The van der Waals surface area contributed by atoms with Crippen molar-refractivity contribution in [1.82, 2.24) is 20.7 Å². The van der Waals surface area contributed by atoms with E-state index < -0.39 is 22.0 Å². The van der Waals surface area contributed by atoms with Crippen molar-refractivity contribution in [3.63, 3.8) is 0 Å². The van der Waals surface area contributed by atoms with Gasteiger partial charge >= 0.3 is 6.01 Å². The van der Waals surface area contributed by atoms with Crippen molar-refractivity contribution in [2.24, 2.45) is 5.92 Å². The summed E-state index contributed by atoms with van der Waals surface area (Å²) in [6, 6.07) is 9.94. The van der Waals surface area contributed by atoms with Crippen LogP contribution in [0.3, 0.4) is 0 Å². The van der Waals surface area contributed by atoms with E-state index in [-0.39, 0.29) is 30.7 Å². The number of oxazole rings is 1. The molecule has 0 aliphatic heterocycles. The fourth-order valence-electron chi connectivity index (χ4n) is 2.64. The SMILES string of the molecule is CCN(CC(O)CNC(=O)c1coc(NS(C)(=O)=O)n1)NC(=O)CCC(C)C.Cc1ccccc1. The zero-order chi connectivity index (χ0) is 26.4. The molecule has 1 unspecified atom stereocenters. The van der Waals surface area contributed by atoms with Crippen LogP contribution in [0.25, 0.3) is 0 Å². The molecular weight excluding hydrogens is 474 g/mol. The first kappa shape index (κ1) is 30.1. The molecule has 0 radical (unpaired) electrons. The predicted molar refractivity (Wildman–Crippen MR) is 134 cm³/mol. The summed E-state index contributed by atoms with van der Waals surface area (Å²) in [4.78, 5) is 27.6. The number of aliphatic hydroxyl groups excluding tert-OH is 1. The summed E-state index contributed by atoms with van der Waals surface area (Å²) in [5.41, 5.74) is 3.92. The van der Waals surface area contributed by atoms with Crippen LogP contribution in [0.15, 0.2) is 41.0 Å². The number of carbonyl (C=O) groups excluding carboxylic acids is 2. The lowest BCUT2D eigenvalue weighted by molar-refractivity contribution is -0.126. The highest BCUT2D eigenvalue weighted by Crippen LogP contribution is 2.08. The molecule has 2 aromatic rings.